The molecule has 1 atom stereocenters. The molecule has 0 aliphatic rings. The number of nitrogens with one attached hydrogen (secondary N) is 1. The third-order valence-corrected chi connectivity index (χ3v) is 0.907. The van der Waals surface area contributed by atoms with Crippen LogP contribution in [0, 0.1) is 11.3 Å². The van der Waals surface area contributed by atoms with Crippen LogP contribution in [-0.2, 0) is 0 Å². The van der Waals surface area contributed by atoms with Crippen LogP contribution in [0.5, 0.6) is 0 Å². The van der Waals surface area contributed by atoms with E-state index < -0.39 is 0 Å². The monoisotopic (exact) mass is 100 g/mol. The molecule has 0 saturated carbocycles. The molecule has 0 spiro atoms. The average Bonchev–Trinajstić information content (AvgIpc) is 1.68. The minimum atomic E-state index is 0.366. The van der Waals surface area contributed by atoms with E-state index >= 15 is 0 Å². The predicted molar refractivity (Wildman–Crippen MR) is 31.6 cm³/mol. The standard InChI is InChI=1S/C5H12N2/c1-5(4-7)2-3-6/h4-5,7H,2-3,6H2,1H3/t5-/m1/s1. The van der Waals surface area contributed by atoms with Crippen molar-refractivity contribution >= 4 is 6.21 Å². The molecule has 0 radical (unpaired) electrons. The first-order chi connectivity index (χ1) is 3.31. The molecule has 0 aliphatic heterocycles. The number of hydrogen-bond donors (Lipinski definition) is 2. The second kappa shape index (κ2) is 3.81. The Morgan fingerprint density at radius 2 is 2.43 bits per heavy atom. The number of hydrogen-bond acceptors (Lipinski definition) is 2. The Kier molecular flexibility index (Phi) is 3.61. The van der Waals surface area contributed by atoms with Gasteiger partial charge < -0.3 is 11.1 Å². The third kappa shape index (κ3) is 3.46. The SMILES string of the molecule is C[C@@H](C=N)CCN. The van der Waals surface area contributed by atoms with Crippen molar-refractivity contribution in [1.82, 2.24) is 0 Å². The van der Waals surface area contributed by atoms with E-state index in [9.17, 15) is 0 Å². The lowest BCUT2D eigenvalue weighted by molar-refractivity contribution is 0.702. The maximum atomic E-state index is 6.73. The van der Waals surface area contributed by atoms with E-state index in [1.807, 2.05) is 6.92 Å². The Morgan fingerprint density at radius 3 is 2.57 bits per heavy atom. The summed E-state index contributed by atoms with van der Waals surface area (Å²) < 4.78 is 0. The van der Waals surface area contributed by atoms with Gasteiger partial charge in [0.2, 0.25) is 0 Å². The summed E-state index contributed by atoms with van der Waals surface area (Å²) in [5.74, 6) is 0.366. The average molecular weight is 100 g/mol. The molecular weight excluding hydrogens is 88.1 g/mol. The van der Waals surface area contributed by atoms with Gasteiger partial charge in [-0.15, -0.1) is 0 Å². The predicted octanol–water partition coefficient (Wildman–Crippen LogP) is 0.621. The van der Waals surface area contributed by atoms with E-state index in [1.165, 1.54) is 6.21 Å². The van der Waals surface area contributed by atoms with Crippen molar-refractivity contribution in [3.05, 3.63) is 0 Å². The summed E-state index contributed by atoms with van der Waals surface area (Å²) in [7, 11) is 0. The quantitative estimate of drug-likeness (QED) is 0.502. The molecule has 0 bridgehead atoms. The lowest BCUT2D eigenvalue weighted by atomic mass is 10.1. The fourth-order valence-electron chi connectivity index (χ4n) is 0.346. The van der Waals surface area contributed by atoms with Crippen LogP contribution >= 0.6 is 0 Å². The Bertz CT molecular complexity index is 52.0. The van der Waals surface area contributed by atoms with Crippen molar-refractivity contribution in [2.24, 2.45) is 11.7 Å². The molecular formula is C5H12N2. The second-order valence-corrected chi connectivity index (χ2v) is 1.72. The number of nitrogens with two attached hydrogens (primary N) is 1. The van der Waals surface area contributed by atoms with Crippen LogP contribution in [0.4, 0.5) is 0 Å². The van der Waals surface area contributed by atoms with Gasteiger partial charge in [0.1, 0.15) is 0 Å². The van der Waals surface area contributed by atoms with Crippen LogP contribution in [0.15, 0.2) is 0 Å². The molecule has 3 N–H and O–H groups in total. The highest BCUT2D eigenvalue weighted by atomic mass is 14.5. The van der Waals surface area contributed by atoms with Crippen molar-refractivity contribution < 1.29 is 0 Å². The Hall–Kier alpha value is -0.370. The van der Waals surface area contributed by atoms with Crippen LogP contribution in [0.2, 0.25) is 0 Å². The summed E-state index contributed by atoms with van der Waals surface area (Å²) in [6.45, 7) is 2.68. The Labute approximate surface area is 44.2 Å². The fraction of sp³-hybridized carbons (Fsp3) is 0.800. The molecule has 42 valence electrons. The molecule has 2 heteroatoms. The highest BCUT2D eigenvalue weighted by Gasteiger charge is 1.90. The minimum absolute atomic E-state index is 0.366. The van der Waals surface area contributed by atoms with Crippen molar-refractivity contribution in [2.45, 2.75) is 13.3 Å². The zero-order valence-corrected chi connectivity index (χ0v) is 4.65. The number of rotatable bonds is 3. The van der Waals surface area contributed by atoms with Crippen molar-refractivity contribution in [1.29, 1.82) is 5.41 Å². The van der Waals surface area contributed by atoms with Crippen LogP contribution in [0.3, 0.4) is 0 Å². The fourth-order valence-corrected chi connectivity index (χ4v) is 0.346. The molecule has 0 heterocycles. The summed E-state index contributed by atoms with van der Waals surface area (Å²) in [6.07, 6.45) is 2.36. The smallest absolute Gasteiger partial charge is 0.00190 e. The van der Waals surface area contributed by atoms with Crippen molar-refractivity contribution in [2.75, 3.05) is 6.54 Å². The van der Waals surface area contributed by atoms with Crippen LogP contribution in [0.25, 0.3) is 0 Å². The summed E-state index contributed by atoms with van der Waals surface area (Å²) in [5, 5.41) is 6.73. The molecule has 0 rings (SSSR count). The van der Waals surface area contributed by atoms with Gasteiger partial charge in [-0.2, -0.15) is 0 Å². The summed E-state index contributed by atoms with van der Waals surface area (Å²) in [5.41, 5.74) is 5.20. The molecule has 0 unspecified atom stereocenters. The van der Waals surface area contributed by atoms with Gasteiger partial charge in [-0.25, -0.2) is 0 Å². The lowest BCUT2D eigenvalue weighted by Crippen LogP contribution is -2.05. The van der Waals surface area contributed by atoms with Crippen LogP contribution in [0.1, 0.15) is 13.3 Å². The lowest BCUT2D eigenvalue weighted by Gasteiger charge is -1.97. The molecule has 0 saturated heterocycles. The highest BCUT2D eigenvalue weighted by molar-refractivity contribution is 5.55. The van der Waals surface area contributed by atoms with Crippen molar-refractivity contribution in [3.8, 4) is 0 Å². The first-order valence-electron chi connectivity index (χ1n) is 2.52. The first-order valence-corrected chi connectivity index (χ1v) is 2.52. The molecule has 0 fully saturated rings. The summed E-state index contributed by atoms with van der Waals surface area (Å²) in [6, 6.07) is 0. The Balaban J connectivity index is 2.98. The zero-order valence-electron chi connectivity index (χ0n) is 4.65. The van der Waals surface area contributed by atoms with Gasteiger partial charge in [0.05, 0.1) is 0 Å². The van der Waals surface area contributed by atoms with E-state index in [0.717, 1.165) is 6.42 Å². The molecule has 0 aromatic heterocycles. The molecule has 7 heavy (non-hydrogen) atoms. The summed E-state index contributed by atoms with van der Waals surface area (Å²) >= 11 is 0. The van der Waals surface area contributed by atoms with E-state index in [1.54, 1.807) is 0 Å². The maximum Gasteiger partial charge on any atom is -0.00190 e. The molecule has 0 amide bonds. The van der Waals surface area contributed by atoms with Crippen LogP contribution < -0.4 is 5.73 Å². The van der Waals surface area contributed by atoms with Gasteiger partial charge in [-0.1, -0.05) is 6.92 Å². The molecule has 0 aromatic rings. The Morgan fingerprint density at radius 1 is 1.86 bits per heavy atom. The van der Waals surface area contributed by atoms with Gasteiger partial charge >= 0.3 is 0 Å². The van der Waals surface area contributed by atoms with E-state index in [4.69, 9.17) is 11.1 Å². The van der Waals surface area contributed by atoms with Crippen LogP contribution in [-0.4, -0.2) is 12.8 Å². The van der Waals surface area contributed by atoms with E-state index in [0.29, 0.717) is 12.5 Å². The van der Waals surface area contributed by atoms with E-state index in [-0.39, 0.29) is 0 Å². The topological polar surface area (TPSA) is 49.9 Å². The molecule has 0 aromatic carbocycles. The van der Waals surface area contributed by atoms with Gasteiger partial charge in [-0.05, 0) is 25.1 Å². The molecule has 2 nitrogen and oxygen atoms in total. The largest absolute Gasteiger partial charge is 0.330 e. The van der Waals surface area contributed by atoms with Gasteiger partial charge in [0, 0.05) is 0 Å². The van der Waals surface area contributed by atoms with Gasteiger partial charge in [0.15, 0.2) is 0 Å². The maximum absolute atomic E-state index is 6.73. The van der Waals surface area contributed by atoms with Gasteiger partial charge in [-0.3, -0.25) is 0 Å². The zero-order chi connectivity index (χ0) is 5.70. The third-order valence-electron chi connectivity index (χ3n) is 0.907. The summed E-state index contributed by atoms with van der Waals surface area (Å²) in [4.78, 5) is 0. The van der Waals surface area contributed by atoms with Gasteiger partial charge in [0.25, 0.3) is 0 Å². The van der Waals surface area contributed by atoms with E-state index in [2.05, 4.69) is 0 Å². The highest BCUT2D eigenvalue weighted by Crippen LogP contribution is 1.92. The van der Waals surface area contributed by atoms with Crippen molar-refractivity contribution in [3.63, 3.8) is 0 Å². The first kappa shape index (κ1) is 6.63. The minimum Gasteiger partial charge on any atom is -0.330 e. The second-order valence-electron chi connectivity index (χ2n) is 1.72. The molecule has 0 aliphatic carbocycles. The normalized spacial score (nSPS) is 13.4.